The predicted octanol–water partition coefficient (Wildman–Crippen LogP) is 4.29. The van der Waals surface area contributed by atoms with Crippen LogP contribution in [0.5, 0.6) is 5.75 Å². The van der Waals surface area contributed by atoms with E-state index in [-0.39, 0.29) is 16.2 Å². The third-order valence-electron chi connectivity index (χ3n) is 4.13. The molecule has 31 heavy (non-hydrogen) atoms. The normalized spacial score (nSPS) is 11.7. The molecular formula is C21H24N4O4S2. The molecule has 0 saturated heterocycles. The number of ether oxygens (including phenoxy) is 1. The van der Waals surface area contributed by atoms with Crippen molar-refractivity contribution in [1.29, 1.82) is 0 Å². The standard InChI is InChI=1S/C21H24N4O4S2/c1-5-29-16-10-12-17(13-11-16)31(27,28)25-15-8-6-14(7-9-15)18(26)22-20-24-23-19(30-20)21(2,3)4/h6-13,25H,5H2,1-4H3,(H,22,24,26). The van der Waals surface area contributed by atoms with Gasteiger partial charge in [0, 0.05) is 16.7 Å². The minimum absolute atomic E-state index is 0.115. The second-order valence-corrected chi connectivity index (χ2v) is 10.4. The summed E-state index contributed by atoms with van der Waals surface area (Å²) in [6.07, 6.45) is 0. The number of hydrogen-bond donors (Lipinski definition) is 2. The van der Waals surface area contributed by atoms with Crippen molar-refractivity contribution in [3.63, 3.8) is 0 Å². The van der Waals surface area contributed by atoms with E-state index < -0.39 is 10.0 Å². The number of benzene rings is 2. The van der Waals surface area contributed by atoms with Gasteiger partial charge in [0.1, 0.15) is 10.8 Å². The molecule has 1 aromatic heterocycles. The molecule has 0 bridgehead atoms. The predicted molar refractivity (Wildman–Crippen MR) is 121 cm³/mol. The monoisotopic (exact) mass is 460 g/mol. The van der Waals surface area contributed by atoms with Crippen LogP contribution in [0.1, 0.15) is 43.1 Å². The van der Waals surface area contributed by atoms with Crippen molar-refractivity contribution in [1.82, 2.24) is 10.2 Å². The number of hydrogen-bond acceptors (Lipinski definition) is 7. The Morgan fingerprint density at radius 1 is 1.03 bits per heavy atom. The Balaban J connectivity index is 1.66. The molecule has 0 atom stereocenters. The average molecular weight is 461 g/mol. The summed E-state index contributed by atoms with van der Waals surface area (Å²) in [5, 5.41) is 12.1. The molecular weight excluding hydrogens is 436 g/mol. The van der Waals surface area contributed by atoms with Crippen molar-refractivity contribution in [2.75, 3.05) is 16.6 Å². The molecule has 0 aliphatic carbocycles. The molecule has 0 saturated carbocycles. The minimum atomic E-state index is -3.76. The largest absolute Gasteiger partial charge is 0.494 e. The van der Waals surface area contributed by atoms with Gasteiger partial charge in [-0.1, -0.05) is 32.1 Å². The lowest BCUT2D eigenvalue weighted by atomic mass is 9.98. The van der Waals surface area contributed by atoms with Crippen LogP contribution in [0, 0.1) is 0 Å². The number of amides is 1. The van der Waals surface area contributed by atoms with Gasteiger partial charge < -0.3 is 4.74 Å². The molecule has 0 aliphatic rings. The van der Waals surface area contributed by atoms with Crippen molar-refractivity contribution in [3.8, 4) is 5.75 Å². The van der Waals surface area contributed by atoms with Gasteiger partial charge in [-0.25, -0.2) is 8.42 Å². The lowest BCUT2D eigenvalue weighted by molar-refractivity contribution is 0.102. The fourth-order valence-electron chi connectivity index (χ4n) is 2.53. The Kier molecular flexibility index (Phi) is 6.61. The quantitative estimate of drug-likeness (QED) is 0.544. The molecule has 0 unspecified atom stereocenters. The van der Waals surface area contributed by atoms with Crippen LogP contribution in [0.3, 0.4) is 0 Å². The molecule has 1 amide bonds. The highest BCUT2D eigenvalue weighted by atomic mass is 32.2. The molecule has 8 nitrogen and oxygen atoms in total. The zero-order valence-electron chi connectivity index (χ0n) is 17.7. The maximum atomic E-state index is 12.6. The smallest absolute Gasteiger partial charge is 0.261 e. The van der Waals surface area contributed by atoms with Gasteiger partial charge >= 0.3 is 0 Å². The minimum Gasteiger partial charge on any atom is -0.494 e. The molecule has 2 aromatic carbocycles. The zero-order chi connectivity index (χ0) is 22.6. The fraction of sp³-hybridized carbons (Fsp3) is 0.286. The molecule has 0 spiro atoms. The van der Waals surface area contributed by atoms with Crippen LogP contribution in [0.15, 0.2) is 53.4 Å². The molecule has 2 N–H and O–H groups in total. The van der Waals surface area contributed by atoms with Gasteiger partial charge in [0.05, 0.1) is 11.5 Å². The summed E-state index contributed by atoms with van der Waals surface area (Å²) >= 11 is 1.32. The number of sulfonamides is 1. The van der Waals surface area contributed by atoms with E-state index in [1.165, 1.54) is 47.7 Å². The molecule has 0 aliphatic heterocycles. The molecule has 0 radical (unpaired) electrons. The first-order valence-corrected chi connectivity index (χ1v) is 11.9. The topological polar surface area (TPSA) is 110 Å². The Morgan fingerprint density at radius 2 is 1.68 bits per heavy atom. The zero-order valence-corrected chi connectivity index (χ0v) is 19.3. The van der Waals surface area contributed by atoms with Gasteiger partial charge in [0.15, 0.2) is 0 Å². The molecule has 164 valence electrons. The van der Waals surface area contributed by atoms with Gasteiger partial charge in [-0.15, -0.1) is 10.2 Å². The summed E-state index contributed by atoms with van der Waals surface area (Å²) in [5.74, 6) is 0.249. The number of carbonyl (C=O) groups is 1. The first-order chi connectivity index (χ1) is 14.6. The lowest BCUT2D eigenvalue weighted by Crippen LogP contribution is -2.14. The van der Waals surface area contributed by atoms with Gasteiger partial charge in [0.2, 0.25) is 5.13 Å². The van der Waals surface area contributed by atoms with Crippen molar-refractivity contribution < 1.29 is 17.9 Å². The first kappa shape index (κ1) is 22.7. The Labute approximate surface area is 185 Å². The number of anilines is 2. The van der Waals surface area contributed by atoms with E-state index in [0.717, 1.165) is 5.01 Å². The maximum Gasteiger partial charge on any atom is 0.261 e. The average Bonchev–Trinajstić information content (AvgIpc) is 3.18. The van der Waals surface area contributed by atoms with E-state index >= 15 is 0 Å². The van der Waals surface area contributed by atoms with Gasteiger partial charge in [-0.05, 0) is 55.5 Å². The number of nitrogens with zero attached hydrogens (tertiary/aromatic N) is 2. The van der Waals surface area contributed by atoms with Crippen molar-refractivity contribution in [2.24, 2.45) is 0 Å². The Morgan fingerprint density at radius 3 is 2.23 bits per heavy atom. The molecule has 1 heterocycles. The van der Waals surface area contributed by atoms with Crippen LogP contribution < -0.4 is 14.8 Å². The number of rotatable bonds is 7. The van der Waals surface area contributed by atoms with Gasteiger partial charge in [-0.3, -0.25) is 14.8 Å². The summed E-state index contributed by atoms with van der Waals surface area (Å²) in [5.41, 5.74) is 0.566. The third-order valence-corrected chi connectivity index (χ3v) is 6.79. The van der Waals surface area contributed by atoms with Crippen LogP contribution in [0.2, 0.25) is 0 Å². The Bertz CT molecular complexity index is 1150. The molecule has 3 aromatic rings. The molecule has 10 heteroatoms. The highest BCUT2D eigenvalue weighted by Crippen LogP contribution is 2.28. The van der Waals surface area contributed by atoms with Crippen LogP contribution in [0.25, 0.3) is 0 Å². The first-order valence-electron chi connectivity index (χ1n) is 9.59. The molecule has 0 fully saturated rings. The van der Waals surface area contributed by atoms with Crippen LogP contribution in [-0.4, -0.2) is 31.1 Å². The highest BCUT2D eigenvalue weighted by Gasteiger charge is 2.20. The summed E-state index contributed by atoms with van der Waals surface area (Å²) in [4.78, 5) is 12.6. The summed E-state index contributed by atoms with van der Waals surface area (Å²) in [6.45, 7) is 8.42. The maximum absolute atomic E-state index is 12.6. The van der Waals surface area contributed by atoms with Crippen molar-refractivity contribution in [2.45, 2.75) is 38.0 Å². The molecule has 3 rings (SSSR count). The van der Waals surface area contributed by atoms with Crippen LogP contribution >= 0.6 is 11.3 Å². The fourth-order valence-corrected chi connectivity index (χ4v) is 4.39. The number of carbonyl (C=O) groups excluding carboxylic acids is 1. The second-order valence-electron chi connectivity index (χ2n) is 7.70. The number of aromatic nitrogens is 2. The van der Waals surface area contributed by atoms with E-state index in [0.29, 0.717) is 28.7 Å². The second kappa shape index (κ2) is 9.03. The van der Waals surface area contributed by atoms with Crippen LogP contribution in [0.4, 0.5) is 10.8 Å². The summed E-state index contributed by atoms with van der Waals surface area (Å²) < 4.78 is 33.0. The third kappa shape index (κ3) is 5.80. The SMILES string of the molecule is CCOc1ccc(S(=O)(=O)Nc2ccc(C(=O)Nc3nnc(C(C)(C)C)s3)cc2)cc1. The number of nitrogens with one attached hydrogen (secondary N) is 2. The van der Waals surface area contributed by atoms with Crippen molar-refractivity contribution in [3.05, 3.63) is 59.1 Å². The summed E-state index contributed by atoms with van der Waals surface area (Å²) in [7, 11) is -3.76. The Hall–Kier alpha value is -2.98. The lowest BCUT2D eigenvalue weighted by Gasteiger charge is -2.12. The highest BCUT2D eigenvalue weighted by molar-refractivity contribution is 7.92. The van der Waals surface area contributed by atoms with Gasteiger partial charge in [-0.2, -0.15) is 0 Å². The van der Waals surface area contributed by atoms with Gasteiger partial charge in [0.25, 0.3) is 15.9 Å². The van der Waals surface area contributed by atoms with E-state index in [1.807, 2.05) is 27.7 Å². The van der Waals surface area contributed by atoms with E-state index in [9.17, 15) is 13.2 Å². The van der Waals surface area contributed by atoms with E-state index in [1.54, 1.807) is 12.1 Å². The van der Waals surface area contributed by atoms with Crippen molar-refractivity contribution >= 4 is 38.1 Å². The van der Waals surface area contributed by atoms with Crippen LogP contribution in [-0.2, 0) is 15.4 Å². The summed E-state index contributed by atoms with van der Waals surface area (Å²) in [6, 6.07) is 12.3. The van der Waals surface area contributed by atoms with E-state index in [2.05, 4.69) is 20.2 Å². The van der Waals surface area contributed by atoms with E-state index in [4.69, 9.17) is 4.74 Å².